The van der Waals surface area contributed by atoms with Gasteiger partial charge in [-0.05, 0) is 35.9 Å². The minimum atomic E-state index is -0.441. The van der Waals surface area contributed by atoms with Gasteiger partial charge in [-0.2, -0.15) is 10.5 Å². The minimum absolute atomic E-state index is 0.274. The average Bonchev–Trinajstić information content (AvgIpc) is 2.62. The van der Waals surface area contributed by atoms with Crippen LogP contribution in [0.25, 0.3) is 0 Å². The number of nitrogens with zero attached hydrogens (tertiary/aromatic N) is 2. The molecule has 5 heteroatoms. The standard InChI is InChI=1S/C19H14N2O3/c1-2-19(22)23-10-9-14-3-6-17(7-4-14)24-18-8-5-15(12-20)16(11-18)13-21/h2-8,11H,1,9-10H2. The highest BCUT2D eigenvalue weighted by atomic mass is 16.5. The molecule has 0 amide bonds. The lowest BCUT2D eigenvalue weighted by atomic mass is 10.1. The molecule has 0 unspecified atom stereocenters. The summed E-state index contributed by atoms with van der Waals surface area (Å²) in [5, 5.41) is 17.9. The lowest BCUT2D eigenvalue weighted by molar-refractivity contribution is -0.137. The van der Waals surface area contributed by atoms with Crippen molar-refractivity contribution in [2.75, 3.05) is 6.61 Å². The number of hydrogen-bond acceptors (Lipinski definition) is 5. The fourth-order valence-corrected chi connectivity index (χ4v) is 1.97. The third-order valence-corrected chi connectivity index (χ3v) is 3.19. The van der Waals surface area contributed by atoms with E-state index in [2.05, 4.69) is 6.58 Å². The first-order valence-corrected chi connectivity index (χ1v) is 7.16. The summed E-state index contributed by atoms with van der Waals surface area (Å²) in [4.78, 5) is 11.0. The second-order valence-electron chi connectivity index (χ2n) is 4.80. The first kappa shape index (κ1) is 16.8. The molecule has 2 aromatic rings. The van der Waals surface area contributed by atoms with Gasteiger partial charge in [-0.1, -0.05) is 18.7 Å². The molecule has 0 radical (unpaired) electrons. The number of ether oxygens (including phenoxy) is 2. The summed E-state index contributed by atoms with van der Waals surface area (Å²) in [6.07, 6.45) is 1.72. The molecule has 118 valence electrons. The minimum Gasteiger partial charge on any atom is -0.462 e. The van der Waals surface area contributed by atoms with Gasteiger partial charge in [-0.3, -0.25) is 0 Å². The van der Waals surface area contributed by atoms with Crippen LogP contribution >= 0.6 is 0 Å². The third kappa shape index (κ3) is 4.46. The van der Waals surface area contributed by atoms with Crippen molar-refractivity contribution >= 4 is 5.97 Å². The van der Waals surface area contributed by atoms with E-state index in [4.69, 9.17) is 20.0 Å². The summed E-state index contributed by atoms with van der Waals surface area (Å²) in [6, 6.07) is 16.0. The van der Waals surface area contributed by atoms with E-state index in [-0.39, 0.29) is 12.2 Å². The summed E-state index contributed by atoms with van der Waals surface area (Å²) in [5.74, 6) is 0.651. The first-order valence-electron chi connectivity index (χ1n) is 7.16. The SMILES string of the molecule is C=CC(=O)OCCc1ccc(Oc2ccc(C#N)c(C#N)c2)cc1. The Bertz CT molecular complexity index is 827. The fraction of sp³-hybridized carbons (Fsp3) is 0.105. The molecule has 0 N–H and O–H groups in total. The van der Waals surface area contributed by atoms with Crippen LogP contribution in [0.4, 0.5) is 0 Å². The number of rotatable bonds is 6. The highest BCUT2D eigenvalue weighted by Gasteiger charge is 2.05. The van der Waals surface area contributed by atoms with Crippen LogP contribution in [0.2, 0.25) is 0 Å². The molecule has 0 spiro atoms. The van der Waals surface area contributed by atoms with Gasteiger partial charge in [0.25, 0.3) is 0 Å². The first-order chi connectivity index (χ1) is 11.7. The van der Waals surface area contributed by atoms with Gasteiger partial charge in [-0.25, -0.2) is 4.79 Å². The summed E-state index contributed by atoms with van der Waals surface area (Å²) in [7, 11) is 0. The Hall–Kier alpha value is -3.57. The van der Waals surface area contributed by atoms with Gasteiger partial charge in [0.2, 0.25) is 0 Å². The monoisotopic (exact) mass is 318 g/mol. The predicted molar refractivity (Wildman–Crippen MR) is 87.2 cm³/mol. The zero-order valence-electron chi connectivity index (χ0n) is 12.9. The van der Waals surface area contributed by atoms with Gasteiger partial charge in [-0.15, -0.1) is 0 Å². The summed E-state index contributed by atoms with van der Waals surface area (Å²) < 4.78 is 10.6. The highest BCUT2D eigenvalue weighted by Crippen LogP contribution is 2.24. The Morgan fingerprint density at radius 3 is 2.33 bits per heavy atom. The van der Waals surface area contributed by atoms with Crippen LogP contribution in [0.1, 0.15) is 16.7 Å². The van der Waals surface area contributed by atoms with Gasteiger partial charge in [0.05, 0.1) is 17.7 Å². The van der Waals surface area contributed by atoms with Crippen LogP contribution < -0.4 is 4.74 Å². The van der Waals surface area contributed by atoms with Crippen molar-refractivity contribution in [3.63, 3.8) is 0 Å². The number of esters is 1. The van der Waals surface area contributed by atoms with Crippen LogP contribution in [-0.2, 0) is 16.0 Å². The van der Waals surface area contributed by atoms with E-state index in [1.54, 1.807) is 24.3 Å². The van der Waals surface area contributed by atoms with Gasteiger partial charge in [0.1, 0.15) is 23.6 Å². The molecule has 0 fully saturated rings. The molecular weight excluding hydrogens is 304 g/mol. The maximum Gasteiger partial charge on any atom is 0.330 e. The van der Waals surface area contributed by atoms with E-state index < -0.39 is 5.97 Å². The van der Waals surface area contributed by atoms with Gasteiger partial charge in [0.15, 0.2) is 0 Å². The van der Waals surface area contributed by atoms with Crippen LogP contribution in [0.3, 0.4) is 0 Å². The number of carbonyl (C=O) groups excluding carboxylic acids is 1. The van der Waals surface area contributed by atoms with E-state index in [0.29, 0.717) is 23.5 Å². The van der Waals surface area contributed by atoms with Gasteiger partial charge >= 0.3 is 5.97 Å². The quantitative estimate of drug-likeness (QED) is 0.601. The van der Waals surface area contributed by atoms with E-state index in [1.165, 1.54) is 6.07 Å². The molecule has 0 heterocycles. The molecule has 0 aliphatic rings. The van der Waals surface area contributed by atoms with Crippen LogP contribution in [0.5, 0.6) is 11.5 Å². The van der Waals surface area contributed by atoms with Crippen LogP contribution in [0.15, 0.2) is 55.1 Å². The molecular formula is C19H14N2O3. The zero-order valence-corrected chi connectivity index (χ0v) is 12.9. The number of nitriles is 2. The maximum atomic E-state index is 11.0. The Balaban J connectivity index is 1.99. The molecule has 0 aromatic heterocycles. The Morgan fingerprint density at radius 2 is 1.71 bits per heavy atom. The topological polar surface area (TPSA) is 83.1 Å². The third-order valence-electron chi connectivity index (χ3n) is 3.19. The average molecular weight is 318 g/mol. The summed E-state index contributed by atoms with van der Waals surface area (Å²) in [5.41, 5.74) is 1.58. The molecule has 0 saturated carbocycles. The molecule has 24 heavy (non-hydrogen) atoms. The van der Waals surface area contributed by atoms with Crippen molar-refractivity contribution in [3.05, 3.63) is 71.8 Å². The summed E-state index contributed by atoms with van der Waals surface area (Å²) >= 11 is 0. The Labute approximate surface area is 140 Å². The van der Waals surface area contributed by atoms with Crippen molar-refractivity contribution in [1.29, 1.82) is 10.5 Å². The van der Waals surface area contributed by atoms with E-state index in [0.717, 1.165) is 11.6 Å². The molecule has 2 aromatic carbocycles. The second kappa shape index (κ2) is 8.17. The number of carbonyl (C=O) groups is 1. The van der Waals surface area contributed by atoms with Crippen molar-refractivity contribution in [3.8, 4) is 23.6 Å². The van der Waals surface area contributed by atoms with Gasteiger partial charge in [0, 0.05) is 12.5 Å². The lowest BCUT2D eigenvalue weighted by Gasteiger charge is -2.08. The van der Waals surface area contributed by atoms with Gasteiger partial charge < -0.3 is 9.47 Å². The molecule has 0 aliphatic carbocycles. The maximum absolute atomic E-state index is 11.0. The van der Waals surface area contributed by atoms with Crippen molar-refractivity contribution in [1.82, 2.24) is 0 Å². The number of hydrogen-bond donors (Lipinski definition) is 0. The van der Waals surface area contributed by atoms with Crippen LogP contribution in [0, 0.1) is 22.7 Å². The molecule has 0 bridgehead atoms. The molecule has 2 rings (SSSR count). The highest BCUT2D eigenvalue weighted by molar-refractivity contribution is 5.81. The van der Waals surface area contributed by atoms with E-state index in [9.17, 15) is 4.79 Å². The van der Waals surface area contributed by atoms with Crippen molar-refractivity contribution in [2.24, 2.45) is 0 Å². The van der Waals surface area contributed by atoms with E-state index in [1.807, 2.05) is 24.3 Å². The molecule has 5 nitrogen and oxygen atoms in total. The zero-order chi connectivity index (χ0) is 17.4. The molecule has 0 saturated heterocycles. The summed E-state index contributed by atoms with van der Waals surface area (Å²) in [6.45, 7) is 3.62. The largest absolute Gasteiger partial charge is 0.462 e. The van der Waals surface area contributed by atoms with Crippen LogP contribution in [-0.4, -0.2) is 12.6 Å². The fourth-order valence-electron chi connectivity index (χ4n) is 1.97. The Kier molecular flexibility index (Phi) is 5.71. The van der Waals surface area contributed by atoms with Crippen molar-refractivity contribution in [2.45, 2.75) is 6.42 Å². The molecule has 0 aliphatic heterocycles. The smallest absolute Gasteiger partial charge is 0.330 e. The Morgan fingerprint density at radius 1 is 1.04 bits per heavy atom. The normalized spacial score (nSPS) is 9.42. The molecule has 0 atom stereocenters. The second-order valence-corrected chi connectivity index (χ2v) is 4.80. The number of benzene rings is 2. The van der Waals surface area contributed by atoms with Crippen molar-refractivity contribution < 1.29 is 14.3 Å². The lowest BCUT2D eigenvalue weighted by Crippen LogP contribution is -2.04. The predicted octanol–water partition coefficient (Wildman–Crippen LogP) is 3.49. The van der Waals surface area contributed by atoms with E-state index >= 15 is 0 Å².